The van der Waals surface area contributed by atoms with E-state index in [1.165, 1.54) is 0 Å². The number of halogens is 1. The van der Waals surface area contributed by atoms with Crippen molar-refractivity contribution >= 4 is 47.1 Å². The normalized spacial score (nSPS) is 26.6. The number of aromatic nitrogens is 1. The van der Waals surface area contributed by atoms with E-state index in [-0.39, 0.29) is 23.8 Å². The molecule has 1 aromatic carbocycles. The van der Waals surface area contributed by atoms with Crippen LogP contribution in [0.3, 0.4) is 0 Å². The third kappa shape index (κ3) is 4.89. The van der Waals surface area contributed by atoms with Gasteiger partial charge in [0.2, 0.25) is 5.91 Å². The van der Waals surface area contributed by atoms with Gasteiger partial charge in [0.05, 0.1) is 4.91 Å². The number of thioether (sulfide) groups is 1. The van der Waals surface area contributed by atoms with Crippen molar-refractivity contribution in [1.29, 1.82) is 0 Å². The van der Waals surface area contributed by atoms with Crippen LogP contribution in [0.2, 0.25) is 5.02 Å². The van der Waals surface area contributed by atoms with E-state index in [0.29, 0.717) is 34.7 Å². The van der Waals surface area contributed by atoms with Gasteiger partial charge in [-0.1, -0.05) is 35.9 Å². The molecule has 0 radical (unpaired) electrons. The van der Waals surface area contributed by atoms with Crippen LogP contribution < -0.4 is 10.2 Å². The summed E-state index contributed by atoms with van der Waals surface area (Å²) in [5, 5.41) is 4.10. The van der Waals surface area contributed by atoms with E-state index in [4.69, 9.17) is 11.6 Å². The highest BCUT2D eigenvalue weighted by Gasteiger charge is 2.41. The van der Waals surface area contributed by atoms with Crippen molar-refractivity contribution in [1.82, 2.24) is 15.2 Å². The monoisotopic (exact) mass is 482 g/mol. The number of pyridine rings is 1. The number of carbonyl (C=O) groups is 2. The third-order valence-electron chi connectivity index (χ3n) is 6.71. The molecule has 6 nitrogen and oxygen atoms in total. The van der Waals surface area contributed by atoms with Crippen molar-refractivity contribution in [3.8, 4) is 0 Å². The van der Waals surface area contributed by atoms with Crippen LogP contribution in [0.5, 0.6) is 0 Å². The van der Waals surface area contributed by atoms with E-state index in [2.05, 4.69) is 15.2 Å². The Morgan fingerprint density at radius 2 is 1.88 bits per heavy atom. The van der Waals surface area contributed by atoms with Crippen LogP contribution in [0.1, 0.15) is 24.8 Å². The van der Waals surface area contributed by atoms with Gasteiger partial charge in [-0.3, -0.25) is 9.59 Å². The Labute approximate surface area is 203 Å². The molecule has 3 heterocycles. The summed E-state index contributed by atoms with van der Waals surface area (Å²) in [6.07, 6.45) is 6.16. The fourth-order valence-electron chi connectivity index (χ4n) is 4.90. The number of nitrogens with zero attached hydrogens (tertiary/aromatic N) is 3. The lowest BCUT2D eigenvalue weighted by molar-refractivity contribution is -0.137. The third-order valence-corrected chi connectivity index (χ3v) is 8.48. The molecule has 2 saturated heterocycles. The van der Waals surface area contributed by atoms with Gasteiger partial charge < -0.3 is 15.1 Å². The predicted octanol–water partition coefficient (Wildman–Crippen LogP) is 3.83. The first kappa shape index (κ1) is 22.3. The number of carbonyl (C=O) groups excluding carboxylic acids is 2. The second-order valence-electron chi connectivity index (χ2n) is 8.78. The van der Waals surface area contributed by atoms with E-state index in [1.54, 1.807) is 18.0 Å². The number of hydrogen-bond donors (Lipinski definition) is 1. The SMILES string of the molecule is O=C1NC2CC(C(=O)N3CCN(c4ccccn4)CC3)CCC2S/C1=C/c1ccccc1Cl. The van der Waals surface area contributed by atoms with Crippen molar-refractivity contribution in [3.63, 3.8) is 0 Å². The Kier molecular flexibility index (Phi) is 6.60. The molecule has 3 aliphatic rings. The second kappa shape index (κ2) is 9.77. The first-order valence-electron chi connectivity index (χ1n) is 11.5. The maximum Gasteiger partial charge on any atom is 0.257 e. The Morgan fingerprint density at radius 1 is 1.09 bits per heavy atom. The molecule has 1 saturated carbocycles. The minimum absolute atomic E-state index is 0.0253. The van der Waals surface area contributed by atoms with Crippen LogP contribution in [-0.4, -0.2) is 59.2 Å². The minimum atomic E-state index is -0.0711. The molecule has 3 unspecified atom stereocenters. The van der Waals surface area contributed by atoms with Gasteiger partial charge in [0.25, 0.3) is 5.91 Å². The molecule has 33 heavy (non-hydrogen) atoms. The van der Waals surface area contributed by atoms with Gasteiger partial charge in [0, 0.05) is 54.6 Å². The first-order chi connectivity index (χ1) is 16.1. The first-order valence-corrected chi connectivity index (χ1v) is 12.7. The average Bonchev–Trinajstić information content (AvgIpc) is 2.86. The zero-order chi connectivity index (χ0) is 22.8. The van der Waals surface area contributed by atoms with Crippen LogP contribution in [0.4, 0.5) is 5.82 Å². The molecule has 2 aromatic rings. The summed E-state index contributed by atoms with van der Waals surface area (Å²) in [5.74, 6) is 1.10. The van der Waals surface area contributed by atoms with Gasteiger partial charge in [-0.2, -0.15) is 0 Å². The molecule has 1 aliphatic carbocycles. The number of anilines is 1. The highest BCUT2D eigenvalue weighted by Crippen LogP contribution is 2.40. The van der Waals surface area contributed by atoms with Crippen LogP contribution in [-0.2, 0) is 9.59 Å². The lowest BCUT2D eigenvalue weighted by atomic mass is 9.84. The number of benzene rings is 1. The van der Waals surface area contributed by atoms with E-state index in [9.17, 15) is 9.59 Å². The molecule has 3 fully saturated rings. The number of nitrogens with one attached hydrogen (secondary N) is 1. The van der Waals surface area contributed by atoms with Crippen molar-refractivity contribution in [2.45, 2.75) is 30.6 Å². The molecule has 8 heteroatoms. The van der Waals surface area contributed by atoms with Crippen molar-refractivity contribution < 1.29 is 9.59 Å². The minimum Gasteiger partial charge on any atom is -0.353 e. The van der Waals surface area contributed by atoms with Crippen molar-refractivity contribution in [2.24, 2.45) is 5.92 Å². The molecule has 0 bridgehead atoms. The smallest absolute Gasteiger partial charge is 0.257 e. The summed E-state index contributed by atoms with van der Waals surface area (Å²) in [7, 11) is 0. The fourth-order valence-corrected chi connectivity index (χ4v) is 6.38. The van der Waals surface area contributed by atoms with E-state index in [1.807, 2.05) is 53.4 Å². The Hall–Kier alpha value is -2.51. The van der Waals surface area contributed by atoms with Crippen LogP contribution >= 0.6 is 23.4 Å². The molecule has 2 aliphatic heterocycles. The van der Waals surface area contributed by atoms with Gasteiger partial charge in [0.1, 0.15) is 5.82 Å². The van der Waals surface area contributed by atoms with Crippen LogP contribution in [0, 0.1) is 5.92 Å². The van der Waals surface area contributed by atoms with E-state index < -0.39 is 0 Å². The molecule has 1 aromatic heterocycles. The summed E-state index contributed by atoms with van der Waals surface area (Å²) < 4.78 is 0. The molecule has 172 valence electrons. The van der Waals surface area contributed by atoms with Gasteiger partial charge in [0.15, 0.2) is 0 Å². The zero-order valence-electron chi connectivity index (χ0n) is 18.3. The van der Waals surface area contributed by atoms with Crippen molar-refractivity contribution in [2.75, 3.05) is 31.1 Å². The average molecular weight is 483 g/mol. The highest BCUT2D eigenvalue weighted by molar-refractivity contribution is 8.04. The van der Waals surface area contributed by atoms with Gasteiger partial charge in [-0.15, -0.1) is 11.8 Å². The summed E-state index contributed by atoms with van der Waals surface area (Å²) in [5.41, 5.74) is 0.851. The Balaban J connectivity index is 1.18. The standard InChI is InChI=1S/C25H27ClN4O2S/c26-19-6-2-1-5-17(19)16-22-24(31)28-20-15-18(8-9-21(20)33-22)25(32)30-13-11-29(12-14-30)23-7-3-4-10-27-23/h1-7,10,16,18,20-21H,8-9,11-15H2,(H,28,31)/b22-16+. The molecule has 2 amide bonds. The zero-order valence-corrected chi connectivity index (χ0v) is 19.9. The second-order valence-corrected chi connectivity index (χ2v) is 10.5. The number of hydrogen-bond acceptors (Lipinski definition) is 5. The van der Waals surface area contributed by atoms with Crippen LogP contribution in [0.15, 0.2) is 53.6 Å². The topological polar surface area (TPSA) is 65.5 Å². The number of fused-ring (bicyclic) bond motifs is 1. The molecule has 3 atom stereocenters. The highest BCUT2D eigenvalue weighted by atomic mass is 35.5. The fraction of sp³-hybridized carbons (Fsp3) is 0.400. The van der Waals surface area contributed by atoms with Gasteiger partial charge in [-0.25, -0.2) is 4.98 Å². The maximum atomic E-state index is 13.2. The van der Waals surface area contributed by atoms with E-state index >= 15 is 0 Å². The summed E-state index contributed by atoms with van der Waals surface area (Å²) in [4.78, 5) is 35.3. The molecular weight excluding hydrogens is 456 g/mol. The number of rotatable bonds is 3. The van der Waals surface area contributed by atoms with Gasteiger partial charge in [-0.05, 0) is 49.1 Å². The maximum absolute atomic E-state index is 13.2. The number of piperazine rings is 1. The number of amides is 2. The largest absolute Gasteiger partial charge is 0.353 e. The summed E-state index contributed by atoms with van der Waals surface area (Å²) in [6, 6.07) is 13.5. The van der Waals surface area contributed by atoms with Crippen LogP contribution in [0.25, 0.3) is 6.08 Å². The summed E-state index contributed by atoms with van der Waals surface area (Å²) in [6.45, 7) is 3.02. The molecular formula is C25H27ClN4O2S. The lowest BCUT2D eigenvalue weighted by Gasteiger charge is -2.42. The Morgan fingerprint density at radius 3 is 2.64 bits per heavy atom. The Bertz CT molecular complexity index is 1060. The lowest BCUT2D eigenvalue weighted by Crippen LogP contribution is -2.54. The molecule has 0 spiro atoms. The van der Waals surface area contributed by atoms with Crippen molar-refractivity contribution in [3.05, 3.63) is 64.2 Å². The summed E-state index contributed by atoms with van der Waals surface area (Å²) >= 11 is 7.89. The van der Waals surface area contributed by atoms with E-state index in [0.717, 1.165) is 37.3 Å². The van der Waals surface area contributed by atoms with Gasteiger partial charge >= 0.3 is 0 Å². The molecule has 5 rings (SSSR count). The quantitative estimate of drug-likeness (QED) is 0.673. The molecule has 1 N–H and O–H groups in total. The predicted molar refractivity (Wildman–Crippen MR) is 133 cm³/mol.